The molecule has 1 aliphatic heterocycles. The van der Waals surface area contributed by atoms with Gasteiger partial charge in [-0.15, -0.1) is 37.2 Å². The molecule has 164 valence electrons. The van der Waals surface area contributed by atoms with Crippen molar-refractivity contribution < 1.29 is 0 Å². The lowest BCUT2D eigenvalue weighted by molar-refractivity contribution is 0.402. The highest BCUT2D eigenvalue weighted by molar-refractivity contribution is 9.10. The first-order valence-corrected chi connectivity index (χ1v) is 10.1. The number of benzene rings is 2. The third kappa shape index (κ3) is 6.71. The quantitative estimate of drug-likeness (QED) is 0.434. The van der Waals surface area contributed by atoms with Crippen LogP contribution in [0.1, 0.15) is 18.4 Å². The van der Waals surface area contributed by atoms with Crippen molar-refractivity contribution in [3.05, 3.63) is 40.4 Å². The Bertz CT molecular complexity index is 812. The molecule has 0 bridgehead atoms. The molecule has 8 heteroatoms. The van der Waals surface area contributed by atoms with E-state index in [1.165, 1.54) is 22.0 Å². The van der Waals surface area contributed by atoms with Gasteiger partial charge in [0.2, 0.25) is 0 Å². The minimum Gasteiger partial charge on any atom is -0.326 e. The molecule has 0 fully saturated rings. The Hall–Kier alpha value is -0.560. The first-order valence-electron chi connectivity index (χ1n) is 9.32. The maximum absolute atomic E-state index is 5.03. The molecule has 2 aromatic rings. The molecule has 29 heavy (non-hydrogen) atoms. The van der Waals surface area contributed by atoms with Gasteiger partial charge in [-0.3, -0.25) is 4.99 Å². The monoisotopic (exact) mass is 524 g/mol. The summed E-state index contributed by atoms with van der Waals surface area (Å²) in [5, 5.41) is 2.61. The van der Waals surface area contributed by atoms with E-state index < -0.39 is 0 Å². The van der Waals surface area contributed by atoms with Crippen LogP contribution in [0, 0.1) is 0 Å². The lowest BCUT2D eigenvalue weighted by atomic mass is 10.1. The van der Waals surface area contributed by atoms with Crippen molar-refractivity contribution >= 4 is 75.4 Å². The molecule has 0 aromatic heterocycles. The summed E-state index contributed by atoms with van der Waals surface area (Å²) in [4.78, 5) is 11.9. The van der Waals surface area contributed by atoms with E-state index in [4.69, 9.17) is 4.99 Å². The molecule has 0 N–H and O–H groups in total. The summed E-state index contributed by atoms with van der Waals surface area (Å²) >= 11 is 3.71. The van der Waals surface area contributed by atoms with Crippen molar-refractivity contribution in [3.63, 3.8) is 0 Å². The summed E-state index contributed by atoms with van der Waals surface area (Å²) in [7, 11) is 8.49. The average molecular weight is 527 g/mol. The SMILES string of the molecule is CN(C)CCC/N=C1/c2cccc3c(Br)ccc(c23)N1CCCN(C)C.Cl.Cl.Cl. The van der Waals surface area contributed by atoms with Crippen molar-refractivity contribution in [1.29, 1.82) is 0 Å². The number of aliphatic imine (C=N–C) groups is 1. The van der Waals surface area contributed by atoms with Gasteiger partial charge in [0.1, 0.15) is 5.84 Å². The highest BCUT2D eigenvalue weighted by Crippen LogP contribution is 2.40. The van der Waals surface area contributed by atoms with Crippen molar-refractivity contribution in [1.82, 2.24) is 9.80 Å². The van der Waals surface area contributed by atoms with Gasteiger partial charge < -0.3 is 14.7 Å². The van der Waals surface area contributed by atoms with Crippen LogP contribution in [0.2, 0.25) is 0 Å². The van der Waals surface area contributed by atoms with E-state index >= 15 is 0 Å². The standard InChI is InChI=1S/C21H29BrN4.3ClH/c1-24(2)13-6-12-23-21-17-9-5-8-16-18(22)10-11-19(20(16)17)26(21)15-7-14-25(3)4;;;/h5,8-11H,6-7,12-15H2,1-4H3;3*1H/b23-21-;;;. The van der Waals surface area contributed by atoms with Gasteiger partial charge in [0, 0.05) is 28.5 Å². The van der Waals surface area contributed by atoms with Crippen molar-refractivity contribution in [2.45, 2.75) is 12.8 Å². The van der Waals surface area contributed by atoms with E-state index in [1.54, 1.807) is 0 Å². The molecule has 2 aromatic carbocycles. The average Bonchev–Trinajstić information content (AvgIpc) is 2.89. The van der Waals surface area contributed by atoms with Crippen LogP contribution < -0.4 is 4.90 Å². The number of hydrogen-bond acceptors (Lipinski definition) is 3. The Morgan fingerprint density at radius 3 is 2.21 bits per heavy atom. The van der Waals surface area contributed by atoms with E-state index in [1.807, 2.05) is 0 Å². The van der Waals surface area contributed by atoms with Crippen LogP contribution in [0.25, 0.3) is 10.8 Å². The molecule has 0 spiro atoms. The second-order valence-electron chi connectivity index (χ2n) is 7.47. The number of halogens is 4. The molecule has 0 atom stereocenters. The Morgan fingerprint density at radius 2 is 1.55 bits per heavy atom. The Morgan fingerprint density at radius 1 is 0.897 bits per heavy atom. The van der Waals surface area contributed by atoms with Gasteiger partial charge >= 0.3 is 0 Å². The summed E-state index contributed by atoms with van der Waals surface area (Å²) in [5.74, 6) is 1.14. The number of rotatable bonds is 8. The minimum atomic E-state index is 0. The summed E-state index contributed by atoms with van der Waals surface area (Å²) in [6.45, 7) is 4.01. The lowest BCUT2D eigenvalue weighted by Crippen LogP contribution is -2.31. The van der Waals surface area contributed by atoms with Crippen LogP contribution in [0.4, 0.5) is 5.69 Å². The fraction of sp³-hybridized carbons (Fsp3) is 0.476. The zero-order chi connectivity index (χ0) is 18.7. The Kier molecular flexibility index (Phi) is 12.7. The first kappa shape index (κ1) is 28.4. The molecule has 3 rings (SSSR count). The van der Waals surface area contributed by atoms with Crippen LogP contribution in [0.5, 0.6) is 0 Å². The molecule has 1 aliphatic rings. The number of anilines is 1. The van der Waals surface area contributed by atoms with E-state index in [-0.39, 0.29) is 37.2 Å². The second kappa shape index (κ2) is 13.0. The van der Waals surface area contributed by atoms with Gasteiger partial charge in [0.05, 0.1) is 5.69 Å². The fourth-order valence-electron chi connectivity index (χ4n) is 3.54. The Labute approximate surface area is 202 Å². The van der Waals surface area contributed by atoms with Gasteiger partial charge in [0.25, 0.3) is 0 Å². The smallest absolute Gasteiger partial charge is 0.136 e. The second-order valence-corrected chi connectivity index (χ2v) is 8.32. The maximum atomic E-state index is 5.03. The predicted molar refractivity (Wildman–Crippen MR) is 138 cm³/mol. The molecule has 0 aliphatic carbocycles. The van der Waals surface area contributed by atoms with Gasteiger partial charge in [-0.05, 0) is 71.6 Å². The largest absolute Gasteiger partial charge is 0.326 e. The molecular weight excluding hydrogens is 495 g/mol. The van der Waals surface area contributed by atoms with Crippen LogP contribution in [0.15, 0.2) is 39.8 Å². The van der Waals surface area contributed by atoms with Crippen LogP contribution >= 0.6 is 53.2 Å². The minimum absolute atomic E-state index is 0. The van der Waals surface area contributed by atoms with Crippen molar-refractivity contribution in [2.75, 3.05) is 59.3 Å². The first-order chi connectivity index (χ1) is 12.5. The van der Waals surface area contributed by atoms with Crippen molar-refractivity contribution in [3.8, 4) is 0 Å². The zero-order valence-electron chi connectivity index (χ0n) is 17.5. The number of nitrogens with zero attached hydrogens (tertiary/aromatic N) is 4. The van der Waals surface area contributed by atoms with Gasteiger partial charge in [-0.2, -0.15) is 0 Å². The Balaban J connectivity index is 0.00000261. The lowest BCUT2D eigenvalue weighted by Gasteiger charge is -2.22. The zero-order valence-corrected chi connectivity index (χ0v) is 21.6. The summed E-state index contributed by atoms with van der Waals surface area (Å²) < 4.78 is 1.15. The van der Waals surface area contributed by atoms with Crippen molar-refractivity contribution in [2.24, 2.45) is 4.99 Å². The van der Waals surface area contributed by atoms with Crippen LogP contribution in [-0.4, -0.2) is 70.0 Å². The highest BCUT2D eigenvalue weighted by atomic mass is 79.9. The van der Waals surface area contributed by atoms with E-state index in [2.05, 4.69) is 89.2 Å². The third-order valence-electron chi connectivity index (χ3n) is 4.76. The normalized spacial score (nSPS) is 13.6. The van der Waals surface area contributed by atoms with Crippen LogP contribution in [-0.2, 0) is 0 Å². The third-order valence-corrected chi connectivity index (χ3v) is 5.46. The molecule has 1 heterocycles. The van der Waals surface area contributed by atoms with E-state index in [9.17, 15) is 0 Å². The summed E-state index contributed by atoms with van der Waals surface area (Å²) in [6, 6.07) is 10.9. The summed E-state index contributed by atoms with van der Waals surface area (Å²) in [5.41, 5.74) is 2.57. The van der Waals surface area contributed by atoms with E-state index in [0.29, 0.717) is 0 Å². The highest BCUT2D eigenvalue weighted by Gasteiger charge is 2.28. The molecular formula is C21H32BrCl3N4. The fourth-order valence-corrected chi connectivity index (χ4v) is 4.00. The number of amidine groups is 1. The molecule has 0 amide bonds. The van der Waals surface area contributed by atoms with Gasteiger partial charge in [0.15, 0.2) is 0 Å². The molecule has 4 nitrogen and oxygen atoms in total. The maximum Gasteiger partial charge on any atom is 0.136 e. The molecule has 0 unspecified atom stereocenters. The van der Waals surface area contributed by atoms with Gasteiger partial charge in [-0.1, -0.05) is 34.1 Å². The molecule has 0 saturated heterocycles. The predicted octanol–water partition coefficient (Wildman–Crippen LogP) is 5.34. The number of hydrogen-bond donors (Lipinski definition) is 0. The van der Waals surface area contributed by atoms with Gasteiger partial charge in [-0.25, -0.2) is 0 Å². The van der Waals surface area contributed by atoms with E-state index in [0.717, 1.165) is 49.3 Å². The van der Waals surface area contributed by atoms with Crippen LogP contribution in [0.3, 0.4) is 0 Å². The topological polar surface area (TPSA) is 22.1 Å². The molecule has 0 radical (unpaired) electrons. The summed E-state index contributed by atoms with van der Waals surface area (Å²) in [6.07, 6.45) is 2.20. The molecule has 0 saturated carbocycles.